The van der Waals surface area contributed by atoms with E-state index in [1.165, 1.54) is 5.39 Å². The molecule has 1 atom stereocenters. The van der Waals surface area contributed by atoms with E-state index in [-0.39, 0.29) is 12.5 Å². The van der Waals surface area contributed by atoms with E-state index >= 15 is 0 Å². The van der Waals surface area contributed by atoms with Crippen LogP contribution in [0.4, 0.5) is 0 Å². The van der Waals surface area contributed by atoms with Crippen molar-refractivity contribution in [3.63, 3.8) is 0 Å². The highest BCUT2D eigenvalue weighted by Gasteiger charge is 2.20. The van der Waals surface area contributed by atoms with Crippen LogP contribution in [0.2, 0.25) is 0 Å². The fraction of sp³-hybridized carbons (Fsp3) is 0.409. The molecule has 0 radical (unpaired) electrons. The van der Waals surface area contributed by atoms with Crippen LogP contribution in [0.25, 0.3) is 10.8 Å². The van der Waals surface area contributed by atoms with Gasteiger partial charge in [-0.1, -0.05) is 36.4 Å². The second kappa shape index (κ2) is 10.2. The van der Waals surface area contributed by atoms with Crippen LogP contribution in [-0.4, -0.2) is 79.3 Å². The summed E-state index contributed by atoms with van der Waals surface area (Å²) in [6, 6.07) is 14.1. The number of benzene rings is 2. The Morgan fingerprint density at radius 3 is 2.61 bits per heavy atom. The molecule has 0 aromatic heterocycles. The zero-order chi connectivity index (χ0) is 19.8. The fourth-order valence-corrected chi connectivity index (χ4v) is 3.38. The van der Waals surface area contributed by atoms with Crippen LogP contribution in [0, 0.1) is 0 Å². The van der Waals surface area contributed by atoms with Crippen molar-refractivity contribution in [3.8, 4) is 5.75 Å². The van der Waals surface area contributed by atoms with Crippen LogP contribution in [0.15, 0.2) is 55.1 Å². The van der Waals surface area contributed by atoms with Crippen molar-refractivity contribution in [1.29, 1.82) is 0 Å². The summed E-state index contributed by atoms with van der Waals surface area (Å²) < 4.78 is 5.78. The third kappa shape index (κ3) is 6.05. The Kier molecular flexibility index (Phi) is 7.42. The van der Waals surface area contributed by atoms with Crippen LogP contribution >= 0.6 is 0 Å². The molecule has 1 amide bonds. The number of fused-ring (bicyclic) bond motifs is 1. The van der Waals surface area contributed by atoms with Crippen LogP contribution in [0.5, 0.6) is 5.75 Å². The zero-order valence-corrected chi connectivity index (χ0v) is 16.2. The Balaban J connectivity index is 1.37. The lowest BCUT2D eigenvalue weighted by atomic mass is 10.1. The summed E-state index contributed by atoms with van der Waals surface area (Å²) in [6.07, 6.45) is 1.13. The first-order chi connectivity index (χ1) is 13.6. The summed E-state index contributed by atoms with van der Waals surface area (Å²) in [4.78, 5) is 16.1. The lowest BCUT2D eigenvalue weighted by molar-refractivity contribution is -0.122. The molecule has 2 aromatic carbocycles. The number of ether oxygens (including phenoxy) is 1. The molecule has 1 heterocycles. The molecular weight excluding hydrogens is 354 g/mol. The summed E-state index contributed by atoms with van der Waals surface area (Å²) in [7, 11) is 0. The highest BCUT2D eigenvalue weighted by atomic mass is 16.5. The second-order valence-electron chi connectivity index (χ2n) is 7.14. The molecule has 0 spiro atoms. The molecule has 1 aliphatic heterocycles. The molecule has 28 heavy (non-hydrogen) atoms. The first-order valence-electron chi connectivity index (χ1n) is 9.76. The first-order valence-corrected chi connectivity index (χ1v) is 9.76. The predicted octanol–water partition coefficient (Wildman–Crippen LogP) is 1.50. The molecular formula is C22H29N3O3. The molecule has 6 nitrogen and oxygen atoms in total. The number of nitrogens with one attached hydrogen (secondary N) is 1. The van der Waals surface area contributed by atoms with Gasteiger partial charge in [0.25, 0.3) is 0 Å². The predicted molar refractivity (Wildman–Crippen MR) is 112 cm³/mol. The standard InChI is InChI=1S/C22H29N3O3/c1-2-9-23-22(27)16-25-12-10-24(11-13-25)15-20(26)17-28-21-8-7-18-5-3-4-6-19(18)14-21/h2-8,14,20,26H,1,9-13,15-17H2,(H,23,27)/t20-/m1/s1. The number of hydrogen-bond acceptors (Lipinski definition) is 5. The summed E-state index contributed by atoms with van der Waals surface area (Å²) in [5.74, 6) is 0.797. The lowest BCUT2D eigenvalue weighted by Crippen LogP contribution is -2.51. The van der Waals surface area contributed by atoms with Gasteiger partial charge in [-0.15, -0.1) is 6.58 Å². The number of hydrogen-bond donors (Lipinski definition) is 2. The first kappa shape index (κ1) is 20.3. The number of rotatable bonds is 9. The SMILES string of the molecule is C=CCNC(=O)CN1CCN(C[C@@H](O)COc2ccc3ccccc3c2)CC1. The smallest absolute Gasteiger partial charge is 0.234 e. The molecule has 1 aliphatic rings. The highest BCUT2D eigenvalue weighted by Crippen LogP contribution is 2.20. The van der Waals surface area contributed by atoms with Gasteiger partial charge in [-0.2, -0.15) is 0 Å². The van der Waals surface area contributed by atoms with Gasteiger partial charge >= 0.3 is 0 Å². The van der Waals surface area contributed by atoms with E-state index in [2.05, 4.69) is 33.8 Å². The van der Waals surface area contributed by atoms with E-state index in [0.29, 0.717) is 19.6 Å². The lowest BCUT2D eigenvalue weighted by Gasteiger charge is -2.35. The molecule has 0 unspecified atom stereocenters. The average molecular weight is 383 g/mol. The summed E-state index contributed by atoms with van der Waals surface area (Å²) in [5, 5.41) is 15.4. The van der Waals surface area contributed by atoms with Crippen molar-refractivity contribution in [2.75, 3.05) is 52.4 Å². The summed E-state index contributed by atoms with van der Waals surface area (Å²) >= 11 is 0. The fourth-order valence-electron chi connectivity index (χ4n) is 3.38. The zero-order valence-electron chi connectivity index (χ0n) is 16.2. The number of aliphatic hydroxyl groups excluding tert-OH is 1. The van der Waals surface area contributed by atoms with Gasteiger partial charge < -0.3 is 15.2 Å². The van der Waals surface area contributed by atoms with E-state index in [9.17, 15) is 9.90 Å². The maximum absolute atomic E-state index is 11.8. The number of piperazine rings is 1. The van der Waals surface area contributed by atoms with Gasteiger partial charge in [0.2, 0.25) is 5.91 Å². The quantitative estimate of drug-likeness (QED) is 0.643. The molecule has 0 aliphatic carbocycles. The molecule has 1 saturated heterocycles. The maximum Gasteiger partial charge on any atom is 0.234 e. The van der Waals surface area contributed by atoms with Crippen molar-refractivity contribution >= 4 is 16.7 Å². The van der Waals surface area contributed by atoms with Crippen molar-refractivity contribution in [2.24, 2.45) is 0 Å². The molecule has 1 fully saturated rings. The molecule has 3 rings (SSSR count). The number of aliphatic hydroxyl groups is 1. The highest BCUT2D eigenvalue weighted by molar-refractivity contribution is 5.83. The Hall–Kier alpha value is -2.41. The van der Waals surface area contributed by atoms with E-state index in [1.807, 2.05) is 30.3 Å². The Morgan fingerprint density at radius 2 is 1.86 bits per heavy atom. The van der Waals surface area contributed by atoms with E-state index < -0.39 is 6.10 Å². The van der Waals surface area contributed by atoms with E-state index in [1.54, 1.807) is 6.08 Å². The number of β-amino-alcohol motifs (C(OH)–C–C–N with tert-alkyl or cyclic N) is 1. The molecule has 150 valence electrons. The number of nitrogens with zero attached hydrogens (tertiary/aromatic N) is 2. The Labute approximate surface area is 166 Å². The summed E-state index contributed by atoms with van der Waals surface area (Å²) in [6.45, 7) is 8.66. The third-order valence-electron chi connectivity index (χ3n) is 4.91. The van der Waals surface area contributed by atoms with Crippen molar-refractivity contribution in [1.82, 2.24) is 15.1 Å². The summed E-state index contributed by atoms with van der Waals surface area (Å²) in [5.41, 5.74) is 0. The monoisotopic (exact) mass is 383 g/mol. The van der Waals surface area contributed by atoms with Crippen molar-refractivity contribution < 1.29 is 14.6 Å². The van der Waals surface area contributed by atoms with Gasteiger partial charge in [0.15, 0.2) is 0 Å². The Morgan fingerprint density at radius 1 is 1.14 bits per heavy atom. The second-order valence-corrected chi connectivity index (χ2v) is 7.14. The minimum atomic E-state index is -0.547. The van der Waals surface area contributed by atoms with E-state index in [4.69, 9.17) is 4.74 Å². The number of carbonyl (C=O) groups excluding carboxylic acids is 1. The van der Waals surface area contributed by atoms with Gasteiger partial charge in [-0.25, -0.2) is 0 Å². The van der Waals surface area contributed by atoms with Crippen molar-refractivity contribution in [3.05, 3.63) is 55.1 Å². The van der Waals surface area contributed by atoms with Gasteiger partial charge in [0.05, 0.1) is 6.54 Å². The van der Waals surface area contributed by atoms with Gasteiger partial charge in [0.1, 0.15) is 18.5 Å². The topological polar surface area (TPSA) is 65.0 Å². The van der Waals surface area contributed by atoms with Crippen LogP contribution in [0.1, 0.15) is 0 Å². The molecule has 2 N–H and O–H groups in total. The van der Waals surface area contributed by atoms with Gasteiger partial charge in [0, 0.05) is 39.3 Å². The van der Waals surface area contributed by atoms with Gasteiger partial charge in [-0.05, 0) is 22.9 Å². The molecule has 6 heteroatoms. The normalized spacial score (nSPS) is 16.6. The van der Waals surface area contributed by atoms with Gasteiger partial charge in [-0.3, -0.25) is 14.6 Å². The minimum absolute atomic E-state index is 0.0252. The average Bonchev–Trinajstić information content (AvgIpc) is 2.72. The molecule has 0 saturated carbocycles. The number of amides is 1. The third-order valence-corrected chi connectivity index (χ3v) is 4.91. The molecule has 0 bridgehead atoms. The maximum atomic E-state index is 11.8. The minimum Gasteiger partial charge on any atom is -0.491 e. The van der Waals surface area contributed by atoms with Crippen molar-refractivity contribution in [2.45, 2.75) is 6.10 Å². The van der Waals surface area contributed by atoms with Crippen LogP contribution < -0.4 is 10.1 Å². The largest absolute Gasteiger partial charge is 0.491 e. The van der Waals surface area contributed by atoms with Crippen LogP contribution in [0.3, 0.4) is 0 Å². The molecule has 2 aromatic rings. The number of carbonyl (C=O) groups is 1. The van der Waals surface area contributed by atoms with Crippen LogP contribution in [-0.2, 0) is 4.79 Å². The van der Waals surface area contributed by atoms with E-state index in [0.717, 1.165) is 37.3 Å². The Bertz CT molecular complexity index is 787.